The van der Waals surface area contributed by atoms with Gasteiger partial charge in [-0.05, 0) is 13.0 Å². The van der Waals surface area contributed by atoms with Gasteiger partial charge in [-0.3, -0.25) is 9.69 Å². The molecule has 0 aromatic carbocycles. The van der Waals surface area contributed by atoms with Crippen LogP contribution in [0.4, 0.5) is 0 Å². The molecule has 88 valence electrons. The van der Waals surface area contributed by atoms with Gasteiger partial charge in [0.2, 0.25) is 0 Å². The number of sulfone groups is 1. The molecule has 1 saturated heterocycles. The lowest BCUT2D eigenvalue weighted by molar-refractivity contribution is -0.138. The van der Waals surface area contributed by atoms with Crippen molar-refractivity contribution < 1.29 is 18.3 Å². The highest BCUT2D eigenvalue weighted by Crippen LogP contribution is 2.15. The van der Waals surface area contributed by atoms with E-state index in [4.69, 9.17) is 5.11 Å². The van der Waals surface area contributed by atoms with Crippen LogP contribution in [-0.4, -0.2) is 55.0 Å². The standard InChI is InChI=1S/C9H17NO4S/c1-2-3-10-4-5-15(13,14)7-8(10)6-9(11)12/h8H,2-7H2,1H3,(H,11,12). The van der Waals surface area contributed by atoms with Gasteiger partial charge < -0.3 is 5.11 Å². The van der Waals surface area contributed by atoms with E-state index in [0.29, 0.717) is 6.54 Å². The van der Waals surface area contributed by atoms with E-state index in [1.165, 1.54) is 0 Å². The topological polar surface area (TPSA) is 74.7 Å². The van der Waals surface area contributed by atoms with Crippen molar-refractivity contribution in [2.45, 2.75) is 25.8 Å². The first kappa shape index (κ1) is 12.4. The first-order valence-electron chi connectivity index (χ1n) is 5.11. The van der Waals surface area contributed by atoms with Crippen molar-refractivity contribution in [3.05, 3.63) is 0 Å². The Balaban J connectivity index is 2.68. The zero-order valence-corrected chi connectivity index (χ0v) is 9.66. The third kappa shape index (κ3) is 3.79. The maximum atomic E-state index is 11.4. The lowest BCUT2D eigenvalue weighted by Crippen LogP contribution is -2.49. The summed E-state index contributed by atoms with van der Waals surface area (Å²) in [5.74, 6) is -0.791. The fourth-order valence-electron chi connectivity index (χ4n) is 1.89. The molecule has 1 atom stereocenters. The van der Waals surface area contributed by atoms with Crippen LogP contribution in [-0.2, 0) is 14.6 Å². The molecule has 1 fully saturated rings. The van der Waals surface area contributed by atoms with E-state index in [1.807, 2.05) is 11.8 Å². The smallest absolute Gasteiger partial charge is 0.304 e. The summed E-state index contributed by atoms with van der Waals surface area (Å²) in [6.45, 7) is 3.24. The van der Waals surface area contributed by atoms with E-state index in [9.17, 15) is 13.2 Å². The van der Waals surface area contributed by atoms with Gasteiger partial charge in [-0.2, -0.15) is 0 Å². The van der Waals surface area contributed by atoms with Crippen LogP contribution < -0.4 is 0 Å². The lowest BCUT2D eigenvalue weighted by Gasteiger charge is -2.34. The molecule has 0 aliphatic carbocycles. The molecule has 6 heteroatoms. The van der Waals surface area contributed by atoms with Crippen molar-refractivity contribution in [1.29, 1.82) is 0 Å². The zero-order valence-electron chi connectivity index (χ0n) is 8.85. The van der Waals surface area contributed by atoms with E-state index in [1.54, 1.807) is 0 Å². The summed E-state index contributed by atoms with van der Waals surface area (Å²) < 4.78 is 22.7. The monoisotopic (exact) mass is 235 g/mol. The molecule has 15 heavy (non-hydrogen) atoms. The average molecular weight is 235 g/mol. The van der Waals surface area contributed by atoms with Gasteiger partial charge in [-0.1, -0.05) is 6.92 Å². The third-order valence-electron chi connectivity index (χ3n) is 2.57. The summed E-state index contributed by atoms with van der Waals surface area (Å²) >= 11 is 0. The highest BCUT2D eigenvalue weighted by molar-refractivity contribution is 7.91. The largest absolute Gasteiger partial charge is 0.481 e. The summed E-state index contributed by atoms with van der Waals surface area (Å²) in [6, 6.07) is -0.346. The Morgan fingerprint density at radius 2 is 2.20 bits per heavy atom. The molecule has 1 N–H and O–H groups in total. The number of carboxylic acid groups (broad SMARTS) is 1. The Kier molecular flexibility index (Phi) is 4.10. The van der Waals surface area contributed by atoms with Gasteiger partial charge in [-0.25, -0.2) is 8.42 Å². The molecule has 0 saturated carbocycles. The summed E-state index contributed by atoms with van der Waals surface area (Å²) in [5, 5.41) is 8.70. The number of carbonyl (C=O) groups is 1. The van der Waals surface area contributed by atoms with E-state index in [-0.39, 0.29) is 24.0 Å². The maximum absolute atomic E-state index is 11.4. The normalized spacial score (nSPS) is 26.3. The Labute approximate surface area is 90.0 Å². The first-order valence-corrected chi connectivity index (χ1v) is 6.93. The third-order valence-corrected chi connectivity index (χ3v) is 4.27. The van der Waals surface area contributed by atoms with Crippen LogP contribution in [0, 0.1) is 0 Å². The number of hydrogen-bond acceptors (Lipinski definition) is 4. The minimum absolute atomic E-state index is 0.0146. The predicted octanol–water partition coefficient (Wildman–Crippen LogP) is -0.0299. The van der Waals surface area contributed by atoms with Gasteiger partial charge in [0.1, 0.15) is 0 Å². The molecule has 1 rings (SSSR count). The lowest BCUT2D eigenvalue weighted by atomic mass is 10.2. The molecular formula is C9H17NO4S. The van der Waals surface area contributed by atoms with Crippen LogP contribution in [0.25, 0.3) is 0 Å². The summed E-state index contributed by atoms with van der Waals surface area (Å²) in [7, 11) is -3.03. The molecule has 1 aliphatic rings. The van der Waals surface area contributed by atoms with Gasteiger partial charge in [0.25, 0.3) is 0 Å². The highest BCUT2D eigenvalue weighted by atomic mass is 32.2. The molecule has 1 heterocycles. The van der Waals surface area contributed by atoms with Gasteiger partial charge in [0, 0.05) is 12.6 Å². The van der Waals surface area contributed by atoms with Crippen molar-refractivity contribution in [3.63, 3.8) is 0 Å². The zero-order chi connectivity index (χ0) is 11.5. The van der Waals surface area contributed by atoms with Crippen molar-refractivity contribution in [1.82, 2.24) is 4.90 Å². The molecule has 5 nitrogen and oxygen atoms in total. The summed E-state index contributed by atoms with van der Waals surface area (Å²) in [5.41, 5.74) is 0. The van der Waals surface area contributed by atoms with Gasteiger partial charge in [-0.15, -0.1) is 0 Å². The van der Waals surface area contributed by atoms with Crippen molar-refractivity contribution in [2.75, 3.05) is 24.6 Å². The molecule has 0 radical (unpaired) electrons. The van der Waals surface area contributed by atoms with E-state index in [0.717, 1.165) is 13.0 Å². The minimum atomic E-state index is -3.03. The van der Waals surface area contributed by atoms with Gasteiger partial charge >= 0.3 is 5.97 Å². The second-order valence-electron chi connectivity index (χ2n) is 3.90. The summed E-state index contributed by atoms with van der Waals surface area (Å²) in [6.07, 6.45) is 0.829. The fraction of sp³-hybridized carbons (Fsp3) is 0.889. The Bertz CT molecular complexity index is 325. The number of nitrogens with zero attached hydrogens (tertiary/aromatic N) is 1. The molecule has 0 amide bonds. The van der Waals surface area contributed by atoms with Gasteiger partial charge in [0.05, 0.1) is 17.9 Å². The number of aliphatic carboxylic acids is 1. The molecular weight excluding hydrogens is 218 g/mol. The maximum Gasteiger partial charge on any atom is 0.304 e. The molecule has 1 unspecified atom stereocenters. The predicted molar refractivity (Wildman–Crippen MR) is 56.6 cm³/mol. The van der Waals surface area contributed by atoms with Crippen LogP contribution in [0.3, 0.4) is 0 Å². The summed E-state index contributed by atoms with van der Waals surface area (Å²) in [4.78, 5) is 12.6. The minimum Gasteiger partial charge on any atom is -0.481 e. The Hall–Kier alpha value is -0.620. The highest BCUT2D eigenvalue weighted by Gasteiger charge is 2.31. The fourth-order valence-corrected chi connectivity index (χ4v) is 3.49. The van der Waals surface area contributed by atoms with Crippen molar-refractivity contribution >= 4 is 15.8 Å². The van der Waals surface area contributed by atoms with Crippen LogP contribution in [0.1, 0.15) is 19.8 Å². The Morgan fingerprint density at radius 1 is 1.53 bits per heavy atom. The van der Waals surface area contributed by atoms with Gasteiger partial charge in [0.15, 0.2) is 9.84 Å². The number of carboxylic acids is 1. The van der Waals surface area contributed by atoms with Crippen LogP contribution in [0.5, 0.6) is 0 Å². The van der Waals surface area contributed by atoms with E-state index in [2.05, 4.69) is 0 Å². The molecule has 0 bridgehead atoms. The SMILES string of the molecule is CCCN1CCS(=O)(=O)CC1CC(=O)O. The molecule has 0 aromatic rings. The molecule has 1 aliphatic heterocycles. The second kappa shape index (κ2) is 4.94. The Morgan fingerprint density at radius 3 is 2.73 bits per heavy atom. The number of hydrogen-bond donors (Lipinski definition) is 1. The van der Waals surface area contributed by atoms with Crippen LogP contribution >= 0.6 is 0 Å². The van der Waals surface area contributed by atoms with Crippen molar-refractivity contribution in [2.24, 2.45) is 0 Å². The van der Waals surface area contributed by atoms with Crippen LogP contribution in [0.15, 0.2) is 0 Å². The second-order valence-corrected chi connectivity index (χ2v) is 6.13. The number of rotatable bonds is 4. The van der Waals surface area contributed by atoms with E-state index < -0.39 is 15.8 Å². The van der Waals surface area contributed by atoms with Crippen molar-refractivity contribution in [3.8, 4) is 0 Å². The average Bonchev–Trinajstić information content (AvgIpc) is 2.08. The van der Waals surface area contributed by atoms with E-state index >= 15 is 0 Å². The van der Waals surface area contributed by atoms with Crippen LogP contribution in [0.2, 0.25) is 0 Å². The molecule has 0 aromatic heterocycles. The molecule has 0 spiro atoms. The quantitative estimate of drug-likeness (QED) is 0.740. The first-order chi connectivity index (χ1) is 6.94.